The van der Waals surface area contributed by atoms with Crippen LogP contribution in [0.3, 0.4) is 0 Å². The molecule has 0 saturated heterocycles. The van der Waals surface area contributed by atoms with Crippen LogP contribution in [-0.4, -0.2) is 20.1 Å². The lowest BCUT2D eigenvalue weighted by molar-refractivity contribution is 0.450. The second-order valence-electron chi connectivity index (χ2n) is 5.65. The molecule has 3 aromatic heterocycles. The average Bonchev–Trinajstić information content (AvgIpc) is 3.06. The van der Waals surface area contributed by atoms with Crippen molar-refractivity contribution in [1.29, 1.82) is 0 Å². The summed E-state index contributed by atoms with van der Waals surface area (Å²) in [6.07, 6.45) is 4.71. The van der Waals surface area contributed by atoms with Crippen molar-refractivity contribution in [3.8, 4) is 28.5 Å². The van der Waals surface area contributed by atoms with E-state index in [-0.39, 0.29) is 5.75 Å². The number of fused-ring (bicyclic) bond motifs is 1. The van der Waals surface area contributed by atoms with Crippen LogP contribution in [0.15, 0.2) is 53.5 Å². The fourth-order valence-corrected chi connectivity index (χ4v) is 2.83. The number of furan rings is 1. The van der Waals surface area contributed by atoms with Crippen molar-refractivity contribution in [1.82, 2.24) is 15.0 Å². The Morgan fingerprint density at radius 1 is 1.00 bits per heavy atom. The first-order valence-corrected chi connectivity index (χ1v) is 7.75. The number of hydrogen-bond acceptors (Lipinski definition) is 6. The van der Waals surface area contributed by atoms with Crippen LogP contribution in [0.25, 0.3) is 22.1 Å². The number of aromatic hydroxyl groups is 1. The van der Waals surface area contributed by atoms with Crippen molar-refractivity contribution in [2.75, 3.05) is 0 Å². The first-order valence-electron chi connectivity index (χ1n) is 7.75. The Labute approximate surface area is 143 Å². The van der Waals surface area contributed by atoms with Gasteiger partial charge < -0.3 is 14.3 Å². The van der Waals surface area contributed by atoms with Crippen molar-refractivity contribution in [3.63, 3.8) is 0 Å². The molecule has 1 N–H and O–H groups in total. The van der Waals surface area contributed by atoms with Gasteiger partial charge in [0.15, 0.2) is 0 Å². The number of phenolic OH excluding ortho intramolecular Hbond substituents is 1. The molecule has 0 spiro atoms. The highest BCUT2D eigenvalue weighted by molar-refractivity contribution is 5.82. The van der Waals surface area contributed by atoms with Crippen molar-refractivity contribution < 1.29 is 14.3 Å². The minimum absolute atomic E-state index is 0.0952. The molecule has 0 saturated carbocycles. The summed E-state index contributed by atoms with van der Waals surface area (Å²) in [6.45, 7) is 3.77. The van der Waals surface area contributed by atoms with Gasteiger partial charge in [0.25, 0.3) is 0 Å². The summed E-state index contributed by atoms with van der Waals surface area (Å²) in [4.78, 5) is 12.6. The maximum atomic E-state index is 10.5. The summed E-state index contributed by atoms with van der Waals surface area (Å²) in [7, 11) is 0. The molecule has 6 heteroatoms. The Balaban J connectivity index is 1.72. The summed E-state index contributed by atoms with van der Waals surface area (Å²) < 4.78 is 11.2. The van der Waals surface area contributed by atoms with Crippen LogP contribution in [0.1, 0.15) is 11.4 Å². The molecular weight excluding hydrogens is 318 g/mol. The molecule has 4 aromatic rings. The number of ether oxygens (including phenoxy) is 1. The van der Waals surface area contributed by atoms with Crippen LogP contribution >= 0.6 is 0 Å². The van der Waals surface area contributed by atoms with Gasteiger partial charge in [-0.15, -0.1) is 0 Å². The predicted molar refractivity (Wildman–Crippen MR) is 92.7 cm³/mol. The number of pyridine rings is 1. The Bertz CT molecular complexity index is 1050. The fourth-order valence-electron chi connectivity index (χ4n) is 2.83. The number of benzene rings is 1. The molecule has 0 radical (unpaired) electrons. The largest absolute Gasteiger partial charge is 0.507 e. The van der Waals surface area contributed by atoms with Gasteiger partial charge in [0.05, 0.1) is 11.6 Å². The normalized spacial score (nSPS) is 11.0. The van der Waals surface area contributed by atoms with E-state index in [0.717, 1.165) is 22.3 Å². The molecule has 3 heterocycles. The summed E-state index contributed by atoms with van der Waals surface area (Å²) in [5.74, 6) is 1.00. The van der Waals surface area contributed by atoms with Gasteiger partial charge in [-0.25, -0.2) is 15.0 Å². The number of aromatic nitrogens is 3. The van der Waals surface area contributed by atoms with E-state index in [2.05, 4.69) is 15.0 Å². The molecule has 6 nitrogen and oxygen atoms in total. The van der Waals surface area contributed by atoms with E-state index in [4.69, 9.17) is 9.15 Å². The quantitative estimate of drug-likeness (QED) is 0.598. The molecule has 0 bridgehead atoms. The van der Waals surface area contributed by atoms with Gasteiger partial charge in [-0.2, -0.15) is 0 Å². The van der Waals surface area contributed by atoms with Crippen molar-refractivity contribution in [2.24, 2.45) is 0 Å². The summed E-state index contributed by atoms with van der Waals surface area (Å²) in [5, 5.41) is 11.2. The highest BCUT2D eigenvalue weighted by atomic mass is 16.5. The zero-order valence-corrected chi connectivity index (χ0v) is 13.7. The SMILES string of the molecule is Cc1ncnc(C)c1-c1ccc(Oc2nccc3occc23)cc1O. The highest BCUT2D eigenvalue weighted by Crippen LogP contribution is 2.37. The monoisotopic (exact) mass is 333 g/mol. The average molecular weight is 333 g/mol. The maximum absolute atomic E-state index is 10.5. The lowest BCUT2D eigenvalue weighted by atomic mass is 10.0. The number of rotatable bonds is 3. The summed E-state index contributed by atoms with van der Waals surface area (Å²) in [5.41, 5.74) is 3.79. The summed E-state index contributed by atoms with van der Waals surface area (Å²) >= 11 is 0. The standard InChI is InChI=1S/C19H15N3O3/c1-11-18(12(2)22-10-21-11)14-4-3-13(9-16(14)23)25-19-15-6-8-24-17(15)5-7-20-19/h3-10,23H,1-2H3. The van der Waals surface area contributed by atoms with Crippen LogP contribution in [0, 0.1) is 13.8 Å². The minimum atomic E-state index is 0.0952. The van der Waals surface area contributed by atoms with Gasteiger partial charge >= 0.3 is 0 Å². The lowest BCUT2D eigenvalue weighted by Gasteiger charge is -2.12. The number of phenols is 1. The van der Waals surface area contributed by atoms with Gasteiger partial charge in [0, 0.05) is 34.8 Å². The van der Waals surface area contributed by atoms with Gasteiger partial charge in [-0.05, 0) is 38.1 Å². The molecule has 124 valence electrons. The van der Waals surface area contributed by atoms with Crippen LogP contribution in [-0.2, 0) is 0 Å². The topological polar surface area (TPSA) is 81.3 Å². The second-order valence-corrected chi connectivity index (χ2v) is 5.65. The molecule has 0 aliphatic heterocycles. The van der Waals surface area contributed by atoms with Crippen LogP contribution in [0.2, 0.25) is 0 Å². The Morgan fingerprint density at radius 3 is 2.56 bits per heavy atom. The smallest absolute Gasteiger partial charge is 0.230 e. The third kappa shape index (κ3) is 2.67. The first kappa shape index (κ1) is 15.1. The van der Waals surface area contributed by atoms with Crippen LogP contribution in [0.4, 0.5) is 0 Å². The van der Waals surface area contributed by atoms with Gasteiger partial charge in [-0.3, -0.25) is 0 Å². The zero-order chi connectivity index (χ0) is 17.4. The minimum Gasteiger partial charge on any atom is -0.507 e. The van der Waals surface area contributed by atoms with Gasteiger partial charge in [0.1, 0.15) is 23.4 Å². The van der Waals surface area contributed by atoms with E-state index < -0.39 is 0 Å². The third-order valence-corrected chi connectivity index (χ3v) is 4.02. The van der Waals surface area contributed by atoms with Crippen molar-refractivity contribution in [3.05, 3.63) is 60.5 Å². The molecular formula is C19H15N3O3. The Kier molecular flexibility index (Phi) is 3.57. The molecule has 0 aliphatic rings. The van der Waals surface area contributed by atoms with E-state index in [0.29, 0.717) is 22.8 Å². The van der Waals surface area contributed by atoms with Crippen LogP contribution in [0.5, 0.6) is 17.4 Å². The zero-order valence-electron chi connectivity index (χ0n) is 13.7. The molecule has 0 unspecified atom stereocenters. The first-order chi connectivity index (χ1) is 12.1. The number of hydrogen-bond donors (Lipinski definition) is 1. The fraction of sp³-hybridized carbons (Fsp3) is 0.105. The lowest BCUT2D eigenvalue weighted by Crippen LogP contribution is -1.95. The van der Waals surface area contributed by atoms with E-state index in [1.165, 1.54) is 6.33 Å². The molecule has 0 atom stereocenters. The molecule has 4 rings (SSSR count). The van der Waals surface area contributed by atoms with Gasteiger partial charge in [0.2, 0.25) is 5.88 Å². The number of nitrogens with zero attached hydrogens (tertiary/aromatic N) is 3. The Hall–Kier alpha value is -3.41. The predicted octanol–water partition coefficient (Wildman–Crippen LogP) is 4.40. The summed E-state index contributed by atoms with van der Waals surface area (Å²) in [6, 6.07) is 8.69. The van der Waals surface area contributed by atoms with Crippen LogP contribution < -0.4 is 4.74 Å². The van der Waals surface area contributed by atoms with Crippen molar-refractivity contribution >= 4 is 11.0 Å². The van der Waals surface area contributed by atoms with Crippen molar-refractivity contribution in [2.45, 2.75) is 13.8 Å². The van der Waals surface area contributed by atoms with E-state index in [9.17, 15) is 5.11 Å². The Morgan fingerprint density at radius 2 is 1.80 bits per heavy atom. The molecule has 0 fully saturated rings. The maximum Gasteiger partial charge on any atom is 0.230 e. The van der Waals surface area contributed by atoms with E-state index >= 15 is 0 Å². The molecule has 0 amide bonds. The molecule has 25 heavy (non-hydrogen) atoms. The van der Waals surface area contributed by atoms with E-state index in [1.807, 2.05) is 13.8 Å². The second kappa shape index (κ2) is 5.90. The molecule has 1 aromatic carbocycles. The molecule has 0 aliphatic carbocycles. The third-order valence-electron chi connectivity index (χ3n) is 4.02. The van der Waals surface area contributed by atoms with Gasteiger partial charge in [-0.1, -0.05) is 0 Å². The number of aryl methyl sites for hydroxylation is 2. The highest BCUT2D eigenvalue weighted by Gasteiger charge is 2.14. The van der Waals surface area contributed by atoms with E-state index in [1.54, 1.807) is 42.8 Å².